The molecule has 34 heavy (non-hydrogen) atoms. The summed E-state index contributed by atoms with van der Waals surface area (Å²) in [4.78, 5) is 14.4. The summed E-state index contributed by atoms with van der Waals surface area (Å²) >= 11 is 0. The van der Waals surface area contributed by atoms with Crippen LogP contribution in [0.4, 0.5) is 13.2 Å². The summed E-state index contributed by atoms with van der Waals surface area (Å²) in [6, 6.07) is 5.51. The molecule has 3 aliphatic carbocycles. The second kappa shape index (κ2) is 8.89. The lowest BCUT2D eigenvalue weighted by molar-refractivity contribution is -0.135. The van der Waals surface area contributed by atoms with E-state index in [1.807, 2.05) is 24.0 Å². The van der Waals surface area contributed by atoms with E-state index in [0.29, 0.717) is 52.0 Å². The van der Waals surface area contributed by atoms with E-state index < -0.39 is 11.6 Å². The van der Waals surface area contributed by atoms with E-state index in [2.05, 4.69) is 0 Å². The average Bonchev–Trinajstić information content (AvgIpc) is 3.12. The van der Waals surface area contributed by atoms with Crippen LogP contribution in [0, 0.1) is 23.2 Å². The van der Waals surface area contributed by atoms with Gasteiger partial charge in [-0.15, -0.1) is 0 Å². The number of aromatic hydroxyl groups is 1. The molecule has 1 aromatic carbocycles. The third-order valence-electron chi connectivity index (χ3n) is 9.02. The molecule has 0 spiro atoms. The molecule has 1 saturated heterocycles. The maximum absolute atomic E-state index is 14.2. The van der Waals surface area contributed by atoms with Gasteiger partial charge in [0.15, 0.2) is 0 Å². The highest BCUT2D eigenvalue weighted by atomic mass is 19.4. The van der Waals surface area contributed by atoms with Crippen molar-refractivity contribution in [1.29, 1.82) is 0 Å². The van der Waals surface area contributed by atoms with Crippen LogP contribution in [-0.4, -0.2) is 48.4 Å². The second-order valence-corrected chi connectivity index (χ2v) is 10.8. The predicted octanol–water partition coefficient (Wildman–Crippen LogP) is 5.60. The Bertz CT molecular complexity index is 968. The van der Waals surface area contributed by atoms with Crippen molar-refractivity contribution in [3.63, 3.8) is 0 Å². The zero-order valence-corrected chi connectivity index (χ0v) is 19.7. The molecule has 0 radical (unpaired) electrons. The van der Waals surface area contributed by atoms with Gasteiger partial charge in [0, 0.05) is 30.5 Å². The normalized spacial score (nSPS) is 33.1. The van der Waals surface area contributed by atoms with E-state index in [-0.39, 0.29) is 40.9 Å². The molecule has 1 saturated carbocycles. The molecule has 5 atom stereocenters. The number of morpholine rings is 1. The Morgan fingerprint density at radius 3 is 2.74 bits per heavy atom. The van der Waals surface area contributed by atoms with Crippen molar-refractivity contribution in [2.75, 3.05) is 26.3 Å². The summed E-state index contributed by atoms with van der Waals surface area (Å²) in [5.41, 5.74) is 1.13. The molecule has 1 amide bonds. The van der Waals surface area contributed by atoms with Crippen molar-refractivity contribution in [3.8, 4) is 5.75 Å². The van der Waals surface area contributed by atoms with Crippen molar-refractivity contribution >= 4 is 5.91 Å². The van der Waals surface area contributed by atoms with Crippen LogP contribution in [0.15, 0.2) is 29.8 Å². The van der Waals surface area contributed by atoms with E-state index in [1.54, 1.807) is 6.07 Å². The lowest BCUT2D eigenvalue weighted by Crippen LogP contribution is -2.45. The van der Waals surface area contributed by atoms with Crippen LogP contribution in [-0.2, 0) is 16.0 Å². The number of rotatable bonds is 4. The molecular formula is C27H34F3NO3. The first-order valence-corrected chi connectivity index (χ1v) is 12.7. The van der Waals surface area contributed by atoms with Crippen LogP contribution < -0.4 is 0 Å². The Morgan fingerprint density at radius 1 is 1.24 bits per heavy atom. The third-order valence-corrected chi connectivity index (χ3v) is 9.02. The highest BCUT2D eigenvalue weighted by Gasteiger charge is 2.60. The van der Waals surface area contributed by atoms with Crippen molar-refractivity contribution in [3.05, 3.63) is 41.0 Å². The van der Waals surface area contributed by atoms with Crippen LogP contribution >= 0.6 is 0 Å². The van der Waals surface area contributed by atoms with Gasteiger partial charge in [0.05, 0.1) is 13.2 Å². The topological polar surface area (TPSA) is 49.8 Å². The van der Waals surface area contributed by atoms with Crippen LogP contribution in [0.5, 0.6) is 5.75 Å². The van der Waals surface area contributed by atoms with Crippen LogP contribution in [0.3, 0.4) is 0 Å². The minimum Gasteiger partial charge on any atom is -0.508 e. The van der Waals surface area contributed by atoms with Gasteiger partial charge in [-0.05, 0) is 85.5 Å². The first-order chi connectivity index (χ1) is 16.2. The molecule has 186 valence electrons. The Hall–Kier alpha value is -2.02. The molecule has 2 fully saturated rings. The summed E-state index contributed by atoms with van der Waals surface area (Å²) < 4.78 is 47.9. The number of phenols is 1. The number of carbonyl (C=O) groups is 1. The van der Waals surface area contributed by atoms with E-state index in [9.17, 15) is 23.1 Å². The van der Waals surface area contributed by atoms with Gasteiger partial charge in [-0.3, -0.25) is 4.79 Å². The van der Waals surface area contributed by atoms with Crippen molar-refractivity contribution < 1.29 is 27.8 Å². The zero-order valence-electron chi connectivity index (χ0n) is 19.7. The number of nitrogens with zero attached hydrogens (tertiary/aromatic N) is 1. The maximum atomic E-state index is 14.2. The quantitative estimate of drug-likeness (QED) is 0.574. The number of allylic oxidation sites excluding steroid dienone is 2. The van der Waals surface area contributed by atoms with Crippen molar-refractivity contribution in [1.82, 2.24) is 4.90 Å². The number of carbonyl (C=O) groups excluding carboxylic acids is 1. The molecular weight excluding hydrogens is 443 g/mol. The molecule has 4 aliphatic rings. The SMILES string of the molecule is C[C@]12CC[C@@H]3c4ccc(O)cc4CC[C@H]3[C@@H]1[C@@H](CCCC(=O)N1CCOCC1)C=C2C(F)(F)F. The van der Waals surface area contributed by atoms with Crippen molar-refractivity contribution in [2.24, 2.45) is 23.2 Å². The van der Waals surface area contributed by atoms with Gasteiger partial charge < -0.3 is 14.7 Å². The van der Waals surface area contributed by atoms with Gasteiger partial charge in [0.2, 0.25) is 5.91 Å². The first-order valence-electron chi connectivity index (χ1n) is 12.7. The molecule has 1 N–H and O–H groups in total. The fraction of sp³-hybridized carbons (Fsp3) is 0.667. The van der Waals surface area contributed by atoms with Crippen LogP contribution in [0.1, 0.15) is 62.5 Å². The number of amides is 1. The van der Waals surface area contributed by atoms with E-state index >= 15 is 0 Å². The van der Waals surface area contributed by atoms with E-state index in [4.69, 9.17) is 4.74 Å². The van der Waals surface area contributed by atoms with Gasteiger partial charge in [0.1, 0.15) is 5.75 Å². The molecule has 4 nitrogen and oxygen atoms in total. The first kappa shape index (κ1) is 23.7. The number of benzene rings is 1. The number of ether oxygens (including phenoxy) is 1. The number of halogens is 3. The maximum Gasteiger partial charge on any atom is 0.412 e. The van der Waals surface area contributed by atoms with Crippen LogP contribution in [0.25, 0.3) is 0 Å². The molecule has 7 heteroatoms. The standard InChI is InChI=1S/C27H34F3NO3/c1-26-10-9-21-20-8-6-19(32)15-17(20)5-7-22(21)25(26)18(16-23(26)27(28,29)30)3-2-4-24(33)31-11-13-34-14-12-31/h6,8,15-16,18,21-22,25,32H,2-5,7,9-14H2,1H3/t18-,21+,22+,25-,26+/m0/s1. The second-order valence-electron chi connectivity index (χ2n) is 10.8. The molecule has 5 rings (SSSR count). The van der Waals surface area contributed by atoms with Crippen LogP contribution in [0.2, 0.25) is 0 Å². The molecule has 1 heterocycles. The smallest absolute Gasteiger partial charge is 0.412 e. The number of hydrogen-bond donors (Lipinski definition) is 1. The fourth-order valence-corrected chi connectivity index (χ4v) is 7.57. The lowest BCUT2D eigenvalue weighted by Gasteiger charge is -2.52. The summed E-state index contributed by atoms with van der Waals surface area (Å²) in [6.45, 7) is 4.13. The lowest BCUT2D eigenvalue weighted by atomic mass is 9.52. The van der Waals surface area contributed by atoms with Gasteiger partial charge in [-0.25, -0.2) is 0 Å². The Labute approximate surface area is 199 Å². The monoisotopic (exact) mass is 477 g/mol. The van der Waals surface area contributed by atoms with Crippen molar-refractivity contribution in [2.45, 2.75) is 64.0 Å². The van der Waals surface area contributed by atoms with Gasteiger partial charge in [-0.1, -0.05) is 19.1 Å². The number of phenolic OH excluding ortho intramolecular Hbond substituents is 1. The molecule has 1 aromatic rings. The molecule has 0 aromatic heterocycles. The summed E-state index contributed by atoms with van der Waals surface area (Å²) in [7, 11) is 0. The minimum absolute atomic E-state index is 0.0664. The largest absolute Gasteiger partial charge is 0.508 e. The molecule has 0 unspecified atom stereocenters. The van der Waals surface area contributed by atoms with E-state index in [0.717, 1.165) is 24.8 Å². The van der Waals surface area contributed by atoms with Gasteiger partial charge in [-0.2, -0.15) is 13.2 Å². The number of hydrogen-bond acceptors (Lipinski definition) is 3. The third kappa shape index (κ3) is 4.14. The average molecular weight is 478 g/mol. The molecule has 1 aliphatic heterocycles. The number of aryl methyl sites for hydroxylation is 1. The predicted molar refractivity (Wildman–Crippen MR) is 122 cm³/mol. The number of alkyl halides is 3. The molecule has 0 bridgehead atoms. The minimum atomic E-state index is -4.32. The number of fused-ring (bicyclic) bond motifs is 5. The Balaban J connectivity index is 1.36. The Kier molecular flexibility index (Phi) is 6.20. The highest BCUT2D eigenvalue weighted by molar-refractivity contribution is 5.76. The fourth-order valence-electron chi connectivity index (χ4n) is 7.57. The Morgan fingerprint density at radius 2 is 2.00 bits per heavy atom. The summed E-state index contributed by atoms with van der Waals surface area (Å²) in [5.74, 6) is 0.529. The van der Waals surface area contributed by atoms with Gasteiger partial charge in [0.25, 0.3) is 0 Å². The summed E-state index contributed by atoms with van der Waals surface area (Å²) in [5, 5.41) is 9.91. The zero-order chi connectivity index (χ0) is 24.1. The van der Waals surface area contributed by atoms with E-state index in [1.165, 1.54) is 11.6 Å². The van der Waals surface area contributed by atoms with Gasteiger partial charge >= 0.3 is 6.18 Å². The highest BCUT2D eigenvalue weighted by Crippen LogP contribution is 2.65. The summed E-state index contributed by atoms with van der Waals surface area (Å²) in [6.07, 6.45) is 1.71.